The van der Waals surface area contributed by atoms with Crippen molar-refractivity contribution in [2.24, 2.45) is 11.8 Å². The first kappa shape index (κ1) is 19.2. The third-order valence-electron chi connectivity index (χ3n) is 5.37. The van der Waals surface area contributed by atoms with E-state index in [-0.39, 0.29) is 17.7 Å². The van der Waals surface area contributed by atoms with Crippen LogP contribution < -0.4 is 0 Å². The van der Waals surface area contributed by atoms with Gasteiger partial charge in [0, 0.05) is 36.3 Å². The minimum atomic E-state index is -0.0623. The number of hydrogen-bond donors (Lipinski definition) is 0. The van der Waals surface area contributed by atoms with Crippen molar-refractivity contribution in [3.05, 3.63) is 34.9 Å². The van der Waals surface area contributed by atoms with Crippen LogP contribution in [0.3, 0.4) is 0 Å². The summed E-state index contributed by atoms with van der Waals surface area (Å²) in [5.41, 5.74) is 0.640. The molecule has 1 saturated heterocycles. The smallest absolute Gasteiger partial charge is 0.253 e. The minimum absolute atomic E-state index is 0.000631. The van der Waals surface area contributed by atoms with Gasteiger partial charge in [-0.05, 0) is 62.3 Å². The van der Waals surface area contributed by atoms with E-state index in [1.165, 1.54) is 0 Å². The number of rotatable bonds is 6. The van der Waals surface area contributed by atoms with Crippen LogP contribution in [0.1, 0.15) is 56.3 Å². The number of amides is 2. The summed E-state index contributed by atoms with van der Waals surface area (Å²) in [5, 5.41) is 0.624. The molecule has 2 aliphatic rings. The van der Waals surface area contributed by atoms with Crippen LogP contribution in [0, 0.1) is 11.8 Å². The van der Waals surface area contributed by atoms with Gasteiger partial charge in [0.15, 0.2) is 0 Å². The van der Waals surface area contributed by atoms with Crippen molar-refractivity contribution < 1.29 is 9.59 Å². The first-order valence-corrected chi connectivity index (χ1v) is 10.2. The number of carbonyl (C=O) groups is 2. The van der Waals surface area contributed by atoms with Crippen LogP contribution in [-0.2, 0) is 4.79 Å². The molecule has 1 aliphatic heterocycles. The summed E-state index contributed by atoms with van der Waals surface area (Å²) in [6.07, 6.45) is 5.07. The molecule has 0 bridgehead atoms. The lowest BCUT2D eigenvalue weighted by Crippen LogP contribution is -2.47. The van der Waals surface area contributed by atoms with Crippen molar-refractivity contribution in [1.29, 1.82) is 0 Å². The maximum absolute atomic E-state index is 13.1. The van der Waals surface area contributed by atoms with Crippen LogP contribution in [0.15, 0.2) is 24.3 Å². The Hall–Kier alpha value is -1.55. The standard InChI is InChI=1S/C21H29ClN2O2/c1-15(2)11-13-24(19-9-10-19)21(26)17-4-3-12-23(14-17)20(25)16-5-7-18(22)8-6-16/h5-8,15,17,19H,3-4,9-14H2,1-2H3. The van der Waals surface area contributed by atoms with Crippen LogP contribution in [0.5, 0.6) is 0 Å². The van der Waals surface area contributed by atoms with Gasteiger partial charge in [0.25, 0.3) is 5.91 Å². The fourth-order valence-electron chi connectivity index (χ4n) is 3.63. The van der Waals surface area contributed by atoms with E-state index in [2.05, 4.69) is 18.7 Å². The summed E-state index contributed by atoms with van der Waals surface area (Å²) in [4.78, 5) is 29.8. The average molecular weight is 377 g/mol. The highest BCUT2D eigenvalue weighted by Gasteiger charge is 2.37. The van der Waals surface area contributed by atoms with Crippen LogP contribution in [0.25, 0.3) is 0 Å². The van der Waals surface area contributed by atoms with Gasteiger partial charge in [-0.3, -0.25) is 9.59 Å². The van der Waals surface area contributed by atoms with Crippen molar-refractivity contribution in [2.75, 3.05) is 19.6 Å². The van der Waals surface area contributed by atoms with E-state index in [4.69, 9.17) is 11.6 Å². The Labute approximate surface area is 161 Å². The van der Waals surface area contributed by atoms with E-state index in [1.54, 1.807) is 24.3 Å². The summed E-state index contributed by atoms with van der Waals surface area (Å²) in [5.74, 6) is 0.784. The predicted molar refractivity (Wildman–Crippen MR) is 104 cm³/mol. The van der Waals surface area contributed by atoms with Gasteiger partial charge in [0.1, 0.15) is 0 Å². The van der Waals surface area contributed by atoms with Crippen LogP contribution >= 0.6 is 11.6 Å². The number of benzene rings is 1. The predicted octanol–water partition coefficient (Wildman–Crippen LogP) is 4.23. The normalized spacial score (nSPS) is 20.3. The summed E-state index contributed by atoms with van der Waals surface area (Å²) in [6.45, 7) is 6.50. The van der Waals surface area contributed by atoms with Gasteiger partial charge in [0.2, 0.25) is 5.91 Å². The monoisotopic (exact) mass is 376 g/mol. The molecular weight excluding hydrogens is 348 g/mol. The average Bonchev–Trinajstić information content (AvgIpc) is 3.47. The van der Waals surface area contributed by atoms with E-state index < -0.39 is 0 Å². The molecule has 1 atom stereocenters. The molecule has 5 heteroatoms. The highest BCUT2D eigenvalue weighted by molar-refractivity contribution is 6.30. The number of likely N-dealkylation sites (tertiary alicyclic amines) is 1. The van der Waals surface area contributed by atoms with Crippen LogP contribution in [-0.4, -0.2) is 47.3 Å². The van der Waals surface area contributed by atoms with Gasteiger partial charge in [0.05, 0.1) is 5.92 Å². The molecule has 1 aromatic rings. The first-order chi connectivity index (χ1) is 12.5. The van der Waals surface area contributed by atoms with E-state index in [1.807, 2.05) is 4.90 Å². The molecule has 3 rings (SSSR count). The number of hydrogen-bond acceptors (Lipinski definition) is 2. The molecule has 26 heavy (non-hydrogen) atoms. The molecule has 4 nitrogen and oxygen atoms in total. The molecule has 1 heterocycles. The molecule has 1 aromatic carbocycles. The molecule has 0 spiro atoms. The van der Waals surface area contributed by atoms with Crippen molar-refractivity contribution in [1.82, 2.24) is 9.80 Å². The van der Waals surface area contributed by atoms with Gasteiger partial charge in [-0.1, -0.05) is 25.4 Å². The summed E-state index contributed by atoms with van der Waals surface area (Å²) in [7, 11) is 0. The largest absolute Gasteiger partial charge is 0.339 e. The van der Waals surface area contributed by atoms with Gasteiger partial charge in [-0.15, -0.1) is 0 Å². The lowest BCUT2D eigenvalue weighted by molar-refractivity contribution is -0.137. The minimum Gasteiger partial charge on any atom is -0.339 e. The van der Waals surface area contributed by atoms with Crippen molar-refractivity contribution >= 4 is 23.4 Å². The van der Waals surface area contributed by atoms with Crippen molar-refractivity contribution in [3.8, 4) is 0 Å². The SMILES string of the molecule is CC(C)CCN(C(=O)C1CCCN(C(=O)c2ccc(Cl)cc2)C1)C1CC1. The van der Waals surface area contributed by atoms with E-state index in [0.29, 0.717) is 29.1 Å². The van der Waals surface area contributed by atoms with Crippen LogP contribution in [0.4, 0.5) is 0 Å². The Kier molecular flexibility index (Phi) is 6.23. The molecule has 0 aromatic heterocycles. The zero-order chi connectivity index (χ0) is 18.7. The Bertz CT molecular complexity index is 640. The fraction of sp³-hybridized carbons (Fsp3) is 0.619. The second kappa shape index (κ2) is 8.43. The van der Waals surface area contributed by atoms with E-state index in [0.717, 1.165) is 45.2 Å². The van der Waals surface area contributed by atoms with Gasteiger partial charge in [-0.25, -0.2) is 0 Å². The summed E-state index contributed by atoms with van der Waals surface area (Å²) < 4.78 is 0. The maximum Gasteiger partial charge on any atom is 0.253 e. The number of nitrogens with zero attached hydrogens (tertiary/aromatic N) is 2. The van der Waals surface area contributed by atoms with Crippen molar-refractivity contribution in [2.45, 2.75) is 52.0 Å². The Morgan fingerprint density at radius 2 is 1.88 bits per heavy atom. The number of halogens is 1. The highest BCUT2D eigenvalue weighted by Crippen LogP contribution is 2.31. The molecule has 2 amide bonds. The topological polar surface area (TPSA) is 40.6 Å². The lowest BCUT2D eigenvalue weighted by atomic mass is 9.95. The Balaban J connectivity index is 1.64. The lowest BCUT2D eigenvalue weighted by Gasteiger charge is -2.35. The first-order valence-electron chi connectivity index (χ1n) is 9.81. The number of carbonyl (C=O) groups excluding carboxylic acids is 2. The number of piperidine rings is 1. The van der Waals surface area contributed by atoms with E-state index >= 15 is 0 Å². The molecule has 142 valence electrons. The summed E-state index contributed by atoms with van der Waals surface area (Å²) >= 11 is 5.91. The van der Waals surface area contributed by atoms with Crippen LogP contribution in [0.2, 0.25) is 5.02 Å². The van der Waals surface area contributed by atoms with E-state index in [9.17, 15) is 9.59 Å². The second-order valence-corrected chi connectivity index (χ2v) is 8.48. The zero-order valence-corrected chi connectivity index (χ0v) is 16.5. The molecule has 0 radical (unpaired) electrons. The third kappa shape index (κ3) is 4.79. The molecule has 1 saturated carbocycles. The summed E-state index contributed by atoms with van der Waals surface area (Å²) in [6, 6.07) is 7.43. The van der Waals surface area contributed by atoms with Gasteiger partial charge < -0.3 is 9.80 Å². The van der Waals surface area contributed by atoms with Crippen molar-refractivity contribution in [3.63, 3.8) is 0 Å². The maximum atomic E-state index is 13.1. The molecular formula is C21H29ClN2O2. The molecule has 2 fully saturated rings. The highest BCUT2D eigenvalue weighted by atomic mass is 35.5. The Morgan fingerprint density at radius 3 is 2.50 bits per heavy atom. The molecule has 1 aliphatic carbocycles. The quantitative estimate of drug-likeness (QED) is 0.745. The van der Waals surface area contributed by atoms with Gasteiger partial charge >= 0.3 is 0 Å². The molecule has 1 unspecified atom stereocenters. The second-order valence-electron chi connectivity index (χ2n) is 8.04. The zero-order valence-electron chi connectivity index (χ0n) is 15.8. The molecule has 0 N–H and O–H groups in total. The van der Waals surface area contributed by atoms with Gasteiger partial charge in [-0.2, -0.15) is 0 Å². The Morgan fingerprint density at radius 1 is 1.19 bits per heavy atom. The third-order valence-corrected chi connectivity index (χ3v) is 5.62. The fourth-order valence-corrected chi connectivity index (χ4v) is 3.75.